The van der Waals surface area contributed by atoms with Crippen molar-refractivity contribution in [3.05, 3.63) is 41.5 Å². The number of aromatic nitrogens is 3. The number of hydrogen-bond acceptors (Lipinski definition) is 5. The molecule has 1 N–H and O–H groups in total. The number of hydrogen-bond donors (Lipinski definition) is 1. The van der Waals surface area contributed by atoms with Crippen LogP contribution in [0.4, 0.5) is 4.39 Å². The van der Waals surface area contributed by atoms with Gasteiger partial charge in [-0.2, -0.15) is 0 Å². The lowest BCUT2D eigenvalue weighted by molar-refractivity contribution is -0.133. The van der Waals surface area contributed by atoms with Crippen LogP contribution in [-0.2, 0) is 23.2 Å². The molecule has 1 heterocycles. The van der Waals surface area contributed by atoms with Gasteiger partial charge in [-0.3, -0.25) is 9.59 Å². The van der Waals surface area contributed by atoms with E-state index in [0.717, 1.165) is 24.2 Å². The van der Waals surface area contributed by atoms with Crippen LogP contribution < -0.4 is 5.32 Å². The quantitative estimate of drug-likeness (QED) is 0.646. The molecule has 0 bridgehead atoms. The van der Waals surface area contributed by atoms with Crippen molar-refractivity contribution in [2.75, 3.05) is 18.8 Å². The predicted molar refractivity (Wildman–Crippen MR) is 104 cm³/mol. The van der Waals surface area contributed by atoms with Crippen molar-refractivity contribution in [2.24, 2.45) is 7.05 Å². The Morgan fingerprint density at radius 1 is 1.29 bits per heavy atom. The standard InChI is InChI=1S/C19H24FN5O2S/c1-3-25(11-16(26)21-10-13-4-8-15(20)9-5-13)17(27)12-28-19-23-22-18(24(19)2)14-6-7-14/h4-5,8-9,14H,3,6-7,10-12H2,1-2H3,(H,21,26). The van der Waals surface area contributed by atoms with Crippen molar-refractivity contribution in [3.8, 4) is 0 Å². The number of amides is 2. The number of halogens is 1. The number of nitrogens with zero attached hydrogens (tertiary/aromatic N) is 4. The van der Waals surface area contributed by atoms with E-state index in [-0.39, 0.29) is 29.9 Å². The Morgan fingerprint density at radius 2 is 2.00 bits per heavy atom. The Labute approximate surface area is 167 Å². The highest BCUT2D eigenvalue weighted by atomic mass is 32.2. The molecule has 1 aliphatic carbocycles. The van der Waals surface area contributed by atoms with E-state index < -0.39 is 0 Å². The fourth-order valence-electron chi connectivity index (χ4n) is 2.77. The number of thioether (sulfide) groups is 1. The highest BCUT2D eigenvalue weighted by Crippen LogP contribution is 2.39. The molecule has 28 heavy (non-hydrogen) atoms. The Kier molecular flexibility index (Phi) is 6.66. The van der Waals surface area contributed by atoms with Gasteiger partial charge in [-0.05, 0) is 37.5 Å². The van der Waals surface area contributed by atoms with Crippen molar-refractivity contribution in [1.82, 2.24) is 25.0 Å². The Balaban J connectivity index is 1.46. The smallest absolute Gasteiger partial charge is 0.239 e. The third-order valence-corrected chi connectivity index (χ3v) is 5.61. The molecular weight excluding hydrogens is 381 g/mol. The van der Waals surface area contributed by atoms with Gasteiger partial charge in [0.1, 0.15) is 11.6 Å². The lowest BCUT2D eigenvalue weighted by Crippen LogP contribution is -2.41. The van der Waals surface area contributed by atoms with E-state index in [4.69, 9.17) is 0 Å². The van der Waals surface area contributed by atoms with Crippen LogP contribution in [0.3, 0.4) is 0 Å². The van der Waals surface area contributed by atoms with Crippen LogP contribution in [0.25, 0.3) is 0 Å². The number of nitrogens with one attached hydrogen (secondary N) is 1. The van der Waals surface area contributed by atoms with Gasteiger partial charge in [-0.1, -0.05) is 23.9 Å². The van der Waals surface area contributed by atoms with Crippen molar-refractivity contribution in [2.45, 2.75) is 37.4 Å². The van der Waals surface area contributed by atoms with E-state index in [0.29, 0.717) is 24.2 Å². The molecule has 3 rings (SSSR count). The maximum absolute atomic E-state index is 12.9. The van der Waals surface area contributed by atoms with Crippen LogP contribution in [0.2, 0.25) is 0 Å². The zero-order chi connectivity index (χ0) is 20.1. The van der Waals surface area contributed by atoms with Crippen molar-refractivity contribution in [1.29, 1.82) is 0 Å². The highest BCUT2D eigenvalue weighted by molar-refractivity contribution is 7.99. The van der Waals surface area contributed by atoms with Gasteiger partial charge in [0.2, 0.25) is 11.8 Å². The first-order valence-electron chi connectivity index (χ1n) is 9.29. The van der Waals surface area contributed by atoms with Crippen LogP contribution in [0.1, 0.15) is 37.1 Å². The Morgan fingerprint density at radius 3 is 2.64 bits per heavy atom. The van der Waals surface area contributed by atoms with Crippen LogP contribution in [0, 0.1) is 5.82 Å². The van der Waals surface area contributed by atoms with Gasteiger partial charge in [0.05, 0.1) is 12.3 Å². The van der Waals surface area contributed by atoms with Crippen molar-refractivity contribution < 1.29 is 14.0 Å². The maximum Gasteiger partial charge on any atom is 0.239 e. The number of likely N-dealkylation sites (N-methyl/N-ethyl adjacent to an activating group) is 1. The summed E-state index contributed by atoms with van der Waals surface area (Å²) in [6.07, 6.45) is 2.29. The van der Waals surface area contributed by atoms with Crippen LogP contribution in [0.5, 0.6) is 0 Å². The number of carbonyl (C=O) groups excluding carboxylic acids is 2. The van der Waals surface area contributed by atoms with E-state index in [1.165, 1.54) is 28.8 Å². The molecule has 2 aromatic rings. The largest absolute Gasteiger partial charge is 0.350 e. The van der Waals surface area contributed by atoms with E-state index in [1.54, 1.807) is 12.1 Å². The van der Waals surface area contributed by atoms with Crippen LogP contribution >= 0.6 is 11.8 Å². The molecule has 1 saturated carbocycles. The molecule has 7 nitrogen and oxygen atoms in total. The molecule has 0 unspecified atom stereocenters. The Hall–Kier alpha value is -2.42. The lowest BCUT2D eigenvalue weighted by Gasteiger charge is -2.20. The summed E-state index contributed by atoms with van der Waals surface area (Å²) < 4.78 is 14.9. The van der Waals surface area contributed by atoms with E-state index >= 15 is 0 Å². The monoisotopic (exact) mass is 405 g/mol. The van der Waals surface area contributed by atoms with Crippen LogP contribution in [0.15, 0.2) is 29.4 Å². The lowest BCUT2D eigenvalue weighted by atomic mass is 10.2. The summed E-state index contributed by atoms with van der Waals surface area (Å²) in [6.45, 7) is 2.56. The third kappa shape index (κ3) is 5.31. The van der Waals surface area contributed by atoms with Crippen molar-refractivity contribution >= 4 is 23.6 Å². The van der Waals surface area contributed by atoms with Gasteiger partial charge < -0.3 is 14.8 Å². The highest BCUT2D eigenvalue weighted by Gasteiger charge is 2.29. The van der Waals surface area contributed by atoms with E-state index in [2.05, 4.69) is 15.5 Å². The minimum absolute atomic E-state index is 0.0107. The first kappa shape index (κ1) is 20.3. The molecule has 1 fully saturated rings. The third-order valence-electron chi connectivity index (χ3n) is 4.61. The second-order valence-electron chi connectivity index (χ2n) is 6.77. The summed E-state index contributed by atoms with van der Waals surface area (Å²) in [4.78, 5) is 26.1. The summed E-state index contributed by atoms with van der Waals surface area (Å²) in [5.74, 6) is 0.986. The normalized spacial score (nSPS) is 13.4. The van der Waals surface area contributed by atoms with E-state index in [9.17, 15) is 14.0 Å². The minimum atomic E-state index is -0.317. The van der Waals surface area contributed by atoms with E-state index in [1.807, 2.05) is 18.5 Å². The summed E-state index contributed by atoms with van der Waals surface area (Å²) in [7, 11) is 1.92. The van der Waals surface area contributed by atoms with Crippen LogP contribution in [-0.4, -0.2) is 50.3 Å². The molecule has 2 amide bonds. The number of rotatable bonds is 9. The molecule has 0 saturated heterocycles. The topological polar surface area (TPSA) is 80.1 Å². The molecule has 0 radical (unpaired) electrons. The molecule has 1 aliphatic rings. The molecule has 150 valence electrons. The second kappa shape index (κ2) is 9.18. The minimum Gasteiger partial charge on any atom is -0.350 e. The molecule has 1 aromatic carbocycles. The molecular formula is C19H24FN5O2S. The van der Waals surface area contributed by atoms with Gasteiger partial charge in [-0.25, -0.2) is 4.39 Å². The van der Waals surface area contributed by atoms with Gasteiger partial charge >= 0.3 is 0 Å². The van der Waals surface area contributed by atoms with Crippen molar-refractivity contribution in [3.63, 3.8) is 0 Å². The Bertz CT molecular complexity index is 835. The number of benzene rings is 1. The summed E-state index contributed by atoms with van der Waals surface area (Å²) in [5, 5.41) is 11.8. The second-order valence-corrected chi connectivity index (χ2v) is 7.72. The summed E-state index contributed by atoms with van der Waals surface area (Å²) in [5.41, 5.74) is 0.799. The van der Waals surface area contributed by atoms with Gasteiger partial charge in [0, 0.05) is 26.1 Å². The molecule has 0 aliphatic heterocycles. The van der Waals surface area contributed by atoms with Gasteiger partial charge in [-0.15, -0.1) is 10.2 Å². The summed E-state index contributed by atoms with van der Waals surface area (Å²) >= 11 is 1.33. The average Bonchev–Trinajstić information content (AvgIpc) is 3.47. The SMILES string of the molecule is CCN(CC(=O)NCc1ccc(F)cc1)C(=O)CSc1nnc(C2CC2)n1C. The maximum atomic E-state index is 12.9. The molecule has 0 spiro atoms. The first-order chi connectivity index (χ1) is 13.5. The zero-order valence-corrected chi connectivity index (χ0v) is 16.8. The molecule has 0 atom stereocenters. The summed E-state index contributed by atoms with van der Waals surface area (Å²) in [6, 6.07) is 5.93. The average molecular weight is 405 g/mol. The molecule has 9 heteroatoms. The number of carbonyl (C=O) groups is 2. The zero-order valence-electron chi connectivity index (χ0n) is 16.0. The molecule has 1 aromatic heterocycles. The van der Waals surface area contributed by atoms with Gasteiger partial charge in [0.15, 0.2) is 5.16 Å². The first-order valence-corrected chi connectivity index (χ1v) is 10.3. The fourth-order valence-corrected chi connectivity index (χ4v) is 3.60. The van der Waals surface area contributed by atoms with Gasteiger partial charge in [0.25, 0.3) is 0 Å². The predicted octanol–water partition coefficient (Wildman–Crippen LogP) is 2.09. The fraction of sp³-hybridized carbons (Fsp3) is 0.474.